The van der Waals surface area contributed by atoms with E-state index in [4.69, 9.17) is 0 Å². The maximum absolute atomic E-state index is 12.3. The van der Waals surface area contributed by atoms with Gasteiger partial charge in [-0.3, -0.25) is 9.69 Å². The van der Waals surface area contributed by atoms with Gasteiger partial charge in [-0.2, -0.15) is 0 Å². The van der Waals surface area contributed by atoms with E-state index in [1.165, 1.54) is 6.92 Å². The van der Waals surface area contributed by atoms with Crippen LogP contribution in [0.1, 0.15) is 27.7 Å². The number of hydrogen-bond donors (Lipinski definition) is 1. The third-order valence-electron chi connectivity index (χ3n) is 3.70. The zero-order valence-corrected chi connectivity index (χ0v) is 13.6. The maximum atomic E-state index is 12.3. The fourth-order valence-electron chi connectivity index (χ4n) is 2.33. The monoisotopic (exact) mass is 306 g/mol. The highest BCUT2D eigenvalue weighted by atomic mass is 32.2. The number of rotatable bonds is 5. The lowest BCUT2D eigenvalue weighted by Crippen LogP contribution is -2.53. The van der Waals surface area contributed by atoms with Gasteiger partial charge < -0.3 is 10.0 Å². The molecule has 20 heavy (non-hydrogen) atoms. The Morgan fingerprint density at radius 3 is 2.00 bits per heavy atom. The Hall–Kier alpha value is -0.660. The highest BCUT2D eigenvalue weighted by molar-refractivity contribution is 7.93. The van der Waals surface area contributed by atoms with Gasteiger partial charge in [-0.05, 0) is 27.7 Å². The molecule has 0 spiro atoms. The minimum Gasteiger partial charge on any atom is -0.392 e. The van der Waals surface area contributed by atoms with E-state index in [0.29, 0.717) is 32.7 Å². The second-order valence-electron chi connectivity index (χ2n) is 5.75. The highest BCUT2D eigenvalue weighted by Crippen LogP contribution is 2.13. The number of hydrogen-bond acceptors (Lipinski definition) is 5. The Kier molecular flexibility index (Phi) is 5.97. The molecule has 0 aromatic heterocycles. The van der Waals surface area contributed by atoms with Crippen LogP contribution < -0.4 is 0 Å². The van der Waals surface area contributed by atoms with Crippen molar-refractivity contribution in [2.24, 2.45) is 0 Å². The molecule has 1 aliphatic rings. The number of carbonyl (C=O) groups is 1. The number of aliphatic hydroxyl groups excluding tert-OH is 1. The van der Waals surface area contributed by atoms with E-state index in [1.54, 1.807) is 25.7 Å². The van der Waals surface area contributed by atoms with Gasteiger partial charge in [0, 0.05) is 32.7 Å². The lowest BCUT2D eigenvalue weighted by Gasteiger charge is -2.36. The van der Waals surface area contributed by atoms with Crippen molar-refractivity contribution in [3.8, 4) is 0 Å². The predicted octanol–water partition coefficient (Wildman–Crippen LogP) is -0.277. The summed E-state index contributed by atoms with van der Waals surface area (Å²) in [6.07, 6.45) is -0.391. The van der Waals surface area contributed by atoms with Gasteiger partial charge in [0.1, 0.15) is 5.25 Å². The Morgan fingerprint density at radius 1 is 1.10 bits per heavy atom. The molecule has 118 valence electrons. The van der Waals surface area contributed by atoms with E-state index in [2.05, 4.69) is 4.90 Å². The molecule has 0 radical (unpaired) electrons. The van der Waals surface area contributed by atoms with Gasteiger partial charge in [-0.25, -0.2) is 8.42 Å². The lowest BCUT2D eigenvalue weighted by molar-refractivity contribution is -0.132. The quantitative estimate of drug-likeness (QED) is 0.756. The van der Waals surface area contributed by atoms with Crippen LogP contribution in [0.2, 0.25) is 0 Å². The third kappa shape index (κ3) is 4.17. The summed E-state index contributed by atoms with van der Waals surface area (Å²) in [6.45, 7) is 9.36. The number of sulfone groups is 1. The summed E-state index contributed by atoms with van der Waals surface area (Å²) >= 11 is 0. The van der Waals surface area contributed by atoms with Crippen molar-refractivity contribution in [2.45, 2.75) is 44.3 Å². The van der Waals surface area contributed by atoms with Gasteiger partial charge in [0.2, 0.25) is 5.91 Å². The zero-order chi connectivity index (χ0) is 15.5. The van der Waals surface area contributed by atoms with Crippen LogP contribution in [0.4, 0.5) is 0 Å². The maximum Gasteiger partial charge on any atom is 0.240 e. The first-order valence-electron chi connectivity index (χ1n) is 7.08. The highest BCUT2D eigenvalue weighted by Gasteiger charge is 2.34. The van der Waals surface area contributed by atoms with Crippen LogP contribution in [0.5, 0.6) is 0 Å². The molecule has 6 nitrogen and oxygen atoms in total. The second-order valence-corrected chi connectivity index (χ2v) is 8.58. The van der Waals surface area contributed by atoms with Crippen LogP contribution in [0.3, 0.4) is 0 Å². The van der Waals surface area contributed by atoms with Crippen LogP contribution in [-0.4, -0.2) is 78.6 Å². The molecule has 1 saturated heterocycles. The van der Waals surface area contributed by atoms with E-state index >= 15 is 0 Å². The smallest absolute Gasteiger partial charge is 0.240 e. The van der Waals surface area contributed by atoms with E-state index < -0.39 is 26.4 Å². The van der Waals surface area contributed by atoms with Gasteiger partial charge in [-0.1, -0.05) is 0 Å². The Labute approximate surface area is 121 Å². The van der Waals surface area contributed by atoms with Crippen molar-refractivity contribution in [3.05, 3.63) is 0 Å². The van der Waals surface area contributed by atoms with Gasteiger partial charge in [0.15, 0.2) is 9.84 Å². The van der Waals surface area contributed by atoms with Crippen molar-refractivity contribution in [2.75, 3.05) is 32.7 Å². The molecule has 1 fully saturated rings. The Morgan fingerprint density at radius 2 is 1.60 bits per heavy atom. The third-order valence-corrected chi connectivity index (χ3v) is 6.21. The summed E-state index contributed by atoms with van der Waals surface area (Å²) in [4.78, 5) is 16.0. The molecule has 2 unspecified atom stereocenters. The first kappa shape index (κ1) is 17.4. The number of nitrogens with zero attached hydrogens (tertiary/aromatic N) is 2. The minimum atomic E-state index is -3.40. The molecule has 0 saturated carbocycles. The molecule has 1 amide bonds. The standard InChI is InChI=1S/C13H26N2O4S/c1-10(2)20(18,19)12(4)13(17)15-7-5-14(6-8-15)9-11(3)16/h10-12,16H,5-9H2,1-4H3. The van der Waals surface area contributed by atoms with Gasteiger partial charge in [0.25, 0.3) is 0 Å². The average molecular weight is 306 g/mol. The Balaban J connectivity index is 2.59. The average Bonchev–Trinajstić information content (AvgIpc) is 2.37. The summed E-state index contributed by atoms with van der Waals surface area (Å²) in [6, 6.07) is 0. The number of aliphatic hydroxyl groups is 1. The fourth-order valence-corrected chi connectivity index (χ4v) is 3.58. The SMILES string of the molecule is CC(O)CN1CCN(C(=O)C(C)S(=O)(=O)C(C)C)CC1. The fraction of sp³-hybridized carbons (Fsp3) is 0.923. The number of carbonyl (C=O) groups excluding carboxylic acids is 1. The molecule has 1 aliphatic heterocycles. The first-order valence-corrected chi connectivity index (χ1v) is 8.69. The molecular weight excluding hydrogens is 280 g/mol. The molecule has 0 aromatic rings. The Bertz CT molecular complexity index is 426. The summed E-state index contributed by atoms with van der Waals surface area (Å²) in [5, 5.41) is 7.81. The van der Waals surface area contributed by atoms with Crippen LogP contribution in [0.25, 0.3) is 0 Å². The lowest BCUT2D eigenvalue weighted by atomic mass is 10.2. The summed E-state index contributed by atoms with van der Waals surface area (Å²) in [5.74, 6) is -0.310. The number of amides is 1. The van der Waals surface area contributed by atoms with Crippen molar-refractivity contribution in [3.63, 3.8) is 0 Å². The van der Waals surface area contributed by atoms with E-state index in [1.807, 2.05) is 0 Å². The summed E-state index contributed by atoms with van der Waals surface area (Å²) < 4.78 is 24.1. The summed E-state index contributed by atoms with van der Waals surface area (Å²) in [5.41, 5.74) is 0. The van der Waals surface area contributed by atoms with Crippen LogP contribution in [0.15, 0.2) is 0 Å². The molecule has 1 rings (SSSR count). The zero-order valence-electron chi connectivity index (χ0n) is 12.7. The van der Waals surface area contributed by atoms with Crippen molar-refractivity contribution < 1.29 is 18.3 Å². The van der Waals surface area contributed by atoms with Gasteiger partial charge in [-0.15, -0.1) is 0 Å². The first-order chi connectivity index (χ1) is 9.16. The molecule has 0 aromatic carbocycles. The molecule has 2 atom stereocenters. The van der Waals surface area contributed by atoms with Crippen molar-refractivity contribution >= 4 is 15.7 Å². The van der Waals surface area contributed by atoms with Crippen LogP contribution >= 0.6 is 0 Å². The second kappa shape index (κ2) is 6.87. The largest absolute Gasteiger partial charge is 0.392 e. The summed E-state index contributed by atoms with van der Waals surface area (Å²) in [7, 11) is -3.40. The van der Waals surface area contributed by atoms with Crippen LogP contribution in [-0.2, 0) is 14.6 Å². The van der Waals surface area contributed by atoms with E-state index in [9.17, 15) is 18.3 Å². The number of piperazine rings is 1. The van der Waals surface area contributed by atoms with Crippen LogP contribution in [0, 0.1) is 0 Å². The molecule has 1 heterocycles. The topological polar surface area (TPSA) is 77.9 Å². The molecule has 7 heteroatoms. The predicted molar refractivity (Wildman–Crippen MR) is 78.2 cm³/mol. The van der Waals surface area contributed by atoms with Gasteiger partial charge >= 0.3 is 0 Å². The number of β-amino-alcohol motifs (C(OH)–C–C–N with tert-alkyl or cyclic N) is 1. The molecule has 0 bridgehead atoms. The molecule has 1 N–H and O–H groups in total. The van der Waals surface area contributed by atoms with Gasteiger partial charge in [0.05, 0.1) is 11.4 Å². The molecular formula is C13H26N2O4S. The minimum absolute atomic E-state index is 0.310. The normalized spacial score (nSPS) is 21.0. The van der Waals surface area contributed by atoms with E-state index in [-0.39, 0.29) is 5.91 Å². The molecule has 0 aliphatic carbocycles. The van der Waals surface area contributed by atoms with Crippen molar-refractivity contribution in [1.82, 2.24) is 9.80 Å². The van der Waals surface area contributed by atoms with E-state index in [0.717, 1.165) is 0 Å². The van der Waals surface area contributed by atoms with Crippen molar-refractivity contribution in [1.29, 1.82) is 0 Å².